The van der Waals surface area contributed by atoms with Gasteiger partial charge in [-0.1, -0.05) is 29.8 Å². The van der Waals surface area contributed by atoms with E-state index >= 15 is 0 Å². The molecule has 0 aliphatic heterocycles. The molecule has 0 aliphatic carbocycles. The molecule has 2 rings (SSSR count). The maximum absolute atomic E-state index is 12.7. The number of carbonyl (C=O) groups excluding carboxylic acids is 2. The normalized spacial score (nSPS) is 10.1. The van der Waals surface area contributed by atoms with Gasteiger partial charge in [-0.25, -0.2) is 4.39 Å². The minimum atomic E-state index is -0.551. The van der Waals surface area contributed by atoms with E-state index in [1.54, 1.807) is 12.1 Å². The van der Waals surface area contributed by atoms with Crippen LogP contribution in [0.4, 0.5) is 4.39 Å². The van der Waals surface area contributed by atoms with Crippen molar-refractivity contribution < 1.29 is 18.7 Å². The molecule has 0 aromatic heterocycles. The van der Waals surface area contributed by atoms with Crippen molar-refractivity contribution in [1.29, 1.82) is 0 Å². The number of hydrogen-bond donors (Lipinski definition) is 1. The monoisotopic (exact) mass is 301 g/mol. The Morgan fingerprint density at radius 1 is 1.05 bits per heavy atom. The molecule has 0 atom stereocenters. The van der Waals surface area contributed by atoms with Crippen LogP contribution < -0.4 is 5.32 Å². The standard InChI is InChI=1S/C17H16FNO3/c1-12-2-6-14(7-3-12)17(21)19-10-16(20)22-11-13-4-8-15(18)9-5-13/h2-9H,10-11H2,1H3,(H,19,21). The highest BCUT2D eigenvalue weighted by molar-refractivity contribution is 5.95. The van der Waals surface area contributed by atoms with Crippen LogP contribution in [-0.2, 0) is 16.1 Å². The molecular weight excluding hydrogens is 285 g/mol. The highest BCUT2D eigenvalue weighted by Crippen LogP contribution is 2.05. The van der Waals surface area contributed by atoms with Gasteiger partial charge in [-0.3, -0.25) is 9.59 Å². The second-order valence-electron chi connectivity index (χ2n) is 4.84. The first-order valence-corrected chi connectivity index (χ1v) is 6.79. The molecule has 5 heteroatoms. The van der Waals surface area contributed by atoms with Crippen LogP contribution in [0, 0.1) is 12.7 Å². The average Bonchev–Trinajstić information content (AvgIpc) is 2.52. The second-order valence-corrected chi connectivity index (χ2v) is 4.84. The molecule has 2 aromatic rings. The highest BCUT2D eigenvalue weighted by atomic mass is 19.1. The van der Waals surface area contributed by atoms with E-state index in [1.165, 1.54) is 24.3 Å². The third-order valence-electron chi connectivity index (χ3n) is 3.02. The van der Waals surface area contributed by atoms with Crippen molar-refractivity contribution in [2.24, 2.45) is 0 Å². The van der Waals surface area contributed by atoms with Gasteiger partial charge in [0, 0.05) is 5.56 Å². The Labute approximate surface area is 127 Å². The van der Waals surface area contributed by atoms with Crippen LogP contribution in [-0.4, -0.2) is 18.4 Å². The van der Waals surface area contributed by atoms with E-state index in [0.717, 1.165) is 5.56 Å². The SMILES string of the molecule is Cc1ccc(C(=O)NCC(=O)OCc2ccc(F)cc2)cc1. The van der Waals surface area contributed by atoms with Crippen LogP contribution in [0.1, 0.15) is 21.5 Å². The predicted molar refractivity (Wildman–Crippen MR) is 79.7 cm³/mol. The number of rotatable bonds is 5. The Kier molecular flexibility index (Phi) is 5.25. The molecule has 0 unspecified atom stereocenters. The zero-order valence-corrected chi connectivity index (χ0v) is 12.1. The minimum Gasteiger partial charge on any atom is -0.460 e. The van der Waals surface area contributed by atoms with Crippen molar-refractivity contribution >= 4 is 11.9 Å². The molecular formula is C17H16FNO3. The number of esters is 1. The summed E-state index contributed by atoms with van der Waals surface area (Å²) in [7, 11) is 0. The summed E-state index contributed by atoms with van der Waals surface area (Å²) in [5.41, 5.74) is 2.21. The second kappa shape index (κ2) is 7.36. The lowest BCUT2D eigenvalue weighted by Crippen LogP contribution is -2.30. The molecule has 1 N–H and O–H groups in total. The topological polar surface area (TPSA) is 55.4 Å². The molecule has 0 radical (unpaired) electrons. The summed E-state index contributed by atoms with van der Waals surface area (Å²) in [4.78, 5) is 23.4. The van der Waals surface area contributed by atoms with Gasteiger partial charge in [0.25, 0.3) is 5.91 Å². The molecule has 2 aromatic carbocycles. The van der Waals surface area contributed by atoms with E-state index in [0.29, 0.717) is 11.1 Å². The fourth-order valence-corrected chi connectivity index (χ4v) is 1.75. The zero-order chi connectivity index (χ0) is 15.9. The number of ether oxygens (including phenoxy) is 1. The highest BCUT2D eigenvalue weighted by Gasteiger charge is 2.08. The Bertz CT molecular complexity index is 651. The van der Waals surface area contributed by atoms with E-state index in [9.17, 15) is 14.0 Å². The summed E-state index contributed by atoms with van der Waals surface area (Å²) in [6.07, 6.45) is 0. The van der Waals surface area contributed by atoms with Gasteiger partial charge in [-0.15, -0.1) is 0 Å². The molecule has 1 amide bonds. The Morgan fingerprint density at radius 2 is 1.68 bits per heavy atom. The Hall–Kier alpha value is -2.69. The summed E-state index contributed by atoms with van der Waals surface area (Å²) in [6, 6.07) is 12.7. The lowest BCUT2D eigenvalue weighted by molar-refractivity contribution is -0.143. The number of carbonyl (C=O) groups is 2. The van der Waals surface area contributed by atoms with Crippen molar-refractivity contribution in [2.45, 2.75) is 13.5 Å². The van der Waals surface area contributed by atoms with Crippen LogP contribution >= 0.6 is 0 Å². The third-order valence-corrected chi connectivity index (χ3v) is 3.02. The third kappa shape index (κ3) is 4.70. The Morgan fingerprint density at radius 3 is 2.32 bits per heavy atom. The quantitative estimate of drug-likeness (QED) is 0.864. The smallest absolute Gasteiger partial charge is 0.325 e. The van der Waals surface area contributed by atoms with E-state index < -0.39 is 5.97 Å². The number of amides is 1. The van der Waals surface area contributed by atoms with E-state index in [-0.39, 0.29) is 24.9 Å². The summed E-state index contributed by atoms with van der Waals surface area (Å²) >= 11 is 0. The maximum Gasteiger partial charge on any atom is 0.325 e. The lowest BCUT2D eigenvalue weighted by atomic mass is 10.1. The summed E-state index contributed by atoms with van der Waals surface area (Å²) in [5, 5.41) is 2.49. The molecule has 0 saturated carbocycles. The summed E-state index contributed by atoms with van der Waals surface area (Å²) in [6.45, 7) is 1.75. The number of hydrogen-bond acceptors (Lipinski definition) is 3. The molecule has 0 aliphatic rings. The van der Waals surface area contributed by atoms with Gasteiger partial charge in [0.05, 0.1) is 0 Å². The van der Waals surface area contributed by atoms with Crippen LogP contribution in [0.15, 0.2) is 48.5 Å². The van der Waals surface area contributed by atoms with Crippen LogP contribution in [0.25, 0.3) is 0 Å². The van der Waals surface area contributed by atoms with E-state index in [1.807, 2.05) is 19.1 Å². The van der Waals surface area contributed by atoms with Crippen molar-refractivity contribution in [1.82, 2.24) is 5.32 Å². The number of aryl methyl sites for hydroxylation is 1. The first kappa shape index (κ1) is 15.7. The fraction of sp³-hybridized carbons (Fsp3) is 0.176. The number of halogens is 1. The first-order valence-electron chi connectivity index (χ1n) is 6.79. The molecule has 0 saturated heterocycles. The Balaban J connectivity index is 1.76. The zero-order valence-electron chi connectivity index (χ0n) is 12.1. The molecule has 4 nitrogen and oxygen atoms in total. The van der Waals surface area contributed by atoms with Gasteiger partial charge in [0.2, 0.25) is 0 Å². The van der Waals surface area contributed by atoms with Crippen LogP contribution in [0.2, 0.25) is 0 Å². The molecule has 114 valence electrons. The van der Waals surface area contributed by atoms with Gasteiger partial charge in [0.1, 0.15) is 19.0 Å². The largest absolute Gasteiger partial charge is 0.460 e. The van der Waals surface area contributed by atoms with Crippen LogP contribution in [0.3, 0.4) is 0 Å². The van der Waals surface area contributed by atoms with Gasteiger partial charge in [0.15, 0.2) is 0 Å². The van der Waals surface area contributed by atoms with Crippen molar-refractivity contribution in [3.8, 4) is 0 Å². The number of benzene rings is 2. The van der Waals surface area contributed by atoms with Gasteiger partial charge in [-0.05, 0) is 36.8 Å². The van der Waals surface area contributed by atoms with Gasteiger partial charge >= 0.3 is 5.97 Å². The van der Waals surface area contributed by atoms with Crippen molar-refractivity contribution in [2.75, 3.05) is 6.54 Å². The van der Waals surface area contributed by atoms with Gasteiger partial charge < -0.3 is 10.1 Å². The molecule has 0 bridgehead atoms. The lowest BCUT2D eigenvalue weighted by Gasteiger charge is -2.07. The molecule has 22 heavy (non-hydrogen) atoms. The van der Waals surface area contributed by atoms with Crippen molar-refractivity contribution in [3.05, 3.63) is 71.0 Å². The molecule has 0 heterocycles. The van der Waals surface area contributed by atoms with Crippen molar-refractivity contribution in [3.63, 3.8) is 0 Å². The minimum absolute atomic E-state index is 0.0412. The van der Waals surface area contributed by atoms with E-state index in [2.05, 4.69) is 5.32 Å². The number of nitrogens with one attached hydrogen (secondary N) is 1. The first-order chi connectivity index (χ1) is 10.5. The van der Waals surface area contributed by atoms with Crippen LogP contribution in [0.5, 0.6) is 0 Å². The fourth-order valence-electron chi connectivity index (χ4n) is 1.75. The predicted octanol–water partition coefficient (Wildman–Crippen LogP) is 2.61. The molecule has 0 spiro atoms. The molecule has 0 fully saturated rings. The maximum atomic E-state index is 12.7. The summed E-state index contributed by atoms with van der Waals surface area (Å²) < 4.78 is 17.7. The average molecular weight is 301 g/mol. The van der Waals surface area contributed by atoms with E-state index in [4.69, 9.17) is 4.74 Å². The summed E-state index contributed by atoms with van der Waals surface area (Å²) in [5.74, 6) is -1.23. The van der Waals surface area contributed by atoms with Gasteiger partial charge in [-0.2, -0.15) is 0 Å².